The van der Waals surface area contributed by atoms with Crippen molar-refractivity contribution >= 4 is 5.69 Å². The SMILES string of the molecule is CCN(CC(N)CCCOC)c1cccc(C)c1. The third kappa shape index (κ3) is 5.07. The second kappa shape index (κ2) is 8.11. The van der Waals surface area contributed by atoms with Crippen molar-refractivity contribution in [1.82, 2.24) is 0 Å². The molecule has 1 rings (SSSR count). The Hall–Kier alpha value is -1.06. The predicted molar refractivity (Wildman–Crippen MR) is 78.2 cm³/mol. The van der Waals surface area contributed by atoms with Crippen LogP contribution in [0.5, 0.6) is 0 Å². The molecule has 0 fully saturated rings. The third-order valence-electron chi connectivity index (χ3n) is 3.13. The summed E-state index contributed by atoms with van der Waals surface area (Å²) in [5, 5.41) is 0. The Bertz CT molecular complexity index is 341. The highest BCUT2D eigenvalue weighted by molar-refractivity contribution is 5.48. The normalized spacial score (nSPS) is 12.4. The first-order valence-corrected chi connectivity index (χ1v) is 6.73. The fourth-order valence-electron chi connectivity index (χ4n) is 2.11. The Morgan fingerprint density at radius 3 is 2.78 bits per heavy atom. The number of rotatable bonds is 8. The van der Waals surface area contributed by atoms with E-state index in [1.54, 1.807) is 7.11 Å². The van der Waals surface area contributed by atoms with E-state index in [1.807, 2.05) is 0 Å². The molecule has 0 bridgehead atoms. The van der Waals surface area contributed by atoms with Gasteiger partial charge in [0.05, 0.1) is 0 Å². The molecule has 1 aromatic carbocycles. The van der Waals surface area contributed by atoms with Crippen LogP contribution in [0.1, 0.15) is 25.3 Å². The first-order chi connectivity index (χ1) is 8.67. The molecule has 18 heavy (non-hydrogen) atoms. The van der Waals surface area contributed by atoms with Crippen molar-refractivity contribution in [2.45, 2.75) is 32.7 Å². The van der Waals surface area contributed by atoms with E-state index in [-0.39, 0.29) is 6.04 Å². The van der Waals surface area contributed by atoms with Crippen LogP contribution in [0.2, 0.25) is 0 Å². The minimum atomic E-state index is 0.209. The van der Waals surface area contributed by atoms with Crippen LogP contribution in [0.3, 0.4) is 0 Å². The first kappa shape index (κ1) is 15.0. The highest BCUT2D eigenvalue weighted by Crippen LogP contribution is 2.16. The summed E-state index contributed by atoms with van der Waals surface area (Å²) >= 11 is 0. The van der Waals surface area contributed by atoms with Crippen molar-refractivity contribution < 1.29 is 4.74 Å². The van der Waals surface area contributed by atoms with Crippen molar-refractivity contribution in [1.29, 1.82) is 0 Å². The van der Waals surface area contributed by atoms with Gasteiger partial charge in [0.2, 0.25) is 0 Å². The number of nitrogens with zero attached hydrogens (tertiary/aromatic N) is 1. The molecular formula is C15H26N2O. The maximum absolute atomic E-state index is 6.17. The number of likely N-dealkylation sites (N-methyl/N-ethyl adjacent to an activating group) is 1. The lowest BCUT2D eigenvalue weighted by molar-refractivity contribution is 0.190. The van der Waals surface area contributed by atoms with Crippen LogP contribution >= 0.6 is 0 Å². The number of anilines is 1. The van der Waals surface area contributed by atoms with Gasteiger partial charge in [0.1, 0.15) is 0 Å². The quantitative estimate of drug-likeness (QED) is 0.721. The molecule has 0 aliphatic rings. The van der Waals surface area contributed by atoms with Gasteiger partial charge in [-0.1, -0.05) is 12.1 Å². The topological polar surface area (TPSA) is 38.5 Å². The summed E-state index contributed by atoms with van der Waals surface area (Å²) < 4.78 is 5.05. The zero-order valence-corrected chi connectivity index (χ0v) is 11.9. The summed E-state index contributed by atoms with van der Waals surface area (Å²) in [6.07, 6.45) is 2.04. The maximum Gasteiger partial charge on any atom is 0.0462 e. The smallest absolute Gasteiger partial charge is 0.0462 e. The molecular weight excluding hydrogens is 224 g/mol. The van der Waals surface area contributed by atoms with Gasteiger partial charge in [-0.05, 0) is 44.4 Å². The van der Waals surface area contributed by atoms with E-state index >= 15 is 0 Å². The summed E-state index contributed by atoms with van der Waals surface area (Å²) in [7, 11) is 1.73. The van der Waals surface area contributed by atoms with Crippen molar-refractivity contribution in [2.24, 2.45) is 5.73 Å². The summed E-state index contributed by atoms with van der Waals surface area (Å²) in [6, 6.07) is 8.80. The molecule has 1 atom stereocenters. The second-order valence-corrected chi connectivity index (χ2v) is 4.77. The number of methoxy groups -OCH3 is 1. The summed E-state index contributed by atoms with van der Waals surface area (Å²) in [6.45, 7) is 6.98. The Morgan fingerprint density at radius 2 is 2.17 bits per heavy atom. The fraction of sp³-hybridized carbons (Fsp3) is 0.600. The van der Waals surface area contributed by atoms with Crippen LogP contribution in [0.15, 0.2) is 24.3 Å². The lowest BCUT2D eigenvalue weighted by Crippen LogP contribution is -2.37. The standard InChI is InChI=1S/C15H26N2O/c1-4-17(12-14(16)8-6-10-18-3)15-9-5-7-13(2)11-15/h5,7,9,11,14H,4,6,8,10,12,16H2,1-3H3. The number of aryl methyl sites for hydroxylation is 1. The van der Waals surface area contributed by atoms with Gasteiger partial charge in [-0.15, -0.1) is 0 Å². The molecule has 0 amide bonds. The largest absolute Gasteiger partial charge is 0.385 e. The van der Waals surface area contributed by atoms with Crippen molar-refractivity contribution in [2.75, 3.05) is 31.7 Å². The molecule has 102 valence electrons. The number of benzene rings is 1. The van der Waals surface area contributed by atoms with E-state index in [4.69, 9.17) is 10.5 Å². The number of nitrogens with two attached hydrogens (primary N) is 1. The molecule has 0 aromatic heterocycles. The average Bonchev–Trinajstić information content (AvgIpc) is 2.36. The summed E-state index contributed by atoms with van der Waals surface area (Å²) in [4.78, 5) is 2.34. The number of hydrogen-bond acceptors (Lipinski definition) is 3. The van der Waals surface area contributed by atoms with E-state index in [1.165, 1.54) is 11.3 Å². The summed E-state index contributed by atoms with van der Waals surface area (Å²) in [5.41, 5.74) is 8.72. The third-order valence-corrected chi connectivity index (χ3v) is 3.13. The van der Waals surface area contributed by atoms with Crippen LogP contribution in [0, 0.1) is 6.92 Å². The molecule has 0 aliphatic carbocycles. The Kier molecular flexibility index (Phi) is 6.76. The highest BCUT2D eigenvalue weighted by atomic mass is 16.5. The lowest BCUT2D eigenvalue weighted by Gasteiger charge is -2.26. The Labute approximate surface area is 111 Å². The van der Waals surface area contributed by atoms with Gasteiger partial charge >= 0.3 is 0 Å². The molecule has 0 heterocycles. The molecule has 2 N–H and O–H groups in total. The molecule has 3 heteroatoms. The van der Waals surface area contributed by atoms with Crippen molar-refractivity contribution in [3.63, 3.8) is 0 Å². The molecule has 1 unspecified atom stereocenters. The first-order valence-electron chi connectivity index (χ1n) is 6.73. The van der Waals surface area contributed by atoms with Gasteiger partial charge < -0.3 is 15.4 Å². The average molecular weight is 250 g/mol. The van der Waals surface area contributed by atoms with Gasteiger partial charge in [-0.2, -0.15) is 0 Å². The van der Waals surface area contributed by atoms with E-state index in [9.17, 15) is 0 Å². The summed E-state index contributed by atoms with van der Waals surface area (Å²) in [5.74, 6) is 0. The number of ether oxygens (including phenoxy) is 1. The predicted octanol–water partition coefficient (Wildman–Crippen LogP) is 2.58. The van der Waals surface area contributed by atoms with Crippen LogP contribution < -0.4 is 10.6 Å². The molecule has 0 radical (unpaired) electrons. The molecule has 3 nitrogen and oxygen atoms in total. The Balaban J connectivity index is 2.51. The van der Waals surface area contributed by atoms with Crippen LogP contribution in [-0.2, 0) is 4.74 Å². The van der Waals surface area contributed by atoms with Gasteiger partial charge in [-0.3, -0.25) is 0 Å². The van der Waals surface area contributed by atoms with Crippen LogP contribution in [-0.4, -0.2) is 32.8 Å². The van der Waals surface area contributed by atoms with Gasteiger partial charge in [0.25, 0.3) is 0 Å². The molecule has 0 aliphatic heterocycles. The zero-order valence-electron chi connectivity index (χ0n) is 11.9. The van der Waals surface area contributed by atoms with E-state index in [0.29, 0.717) is 0 Å². The van der Waals surface area contributed by atoms with Gasteiger partial charge in [-0.25, -0.2) is 0 Å². The van der Waals surface area contributed by atoms with Gasteiger partial charge in [0.15, 0.2) is 0 Å². The number of hydrogen-bond donors (Lipinski definition) is 1. The molecule has 0 spiro atoms. The lowest BCUT2D eigenvalue weighted by atomic mass is 10.1. The highest BCUT2D eigenvalue weighted by Gasteiger charge is 2.09. The molecule has 0 saturated heterocycles. The maximum atomic E-state index is 6.17. The zero-order chi connectivity index (χ0) is 13.4. The fourth-order valence-corrected chi connectivity index (χ4v) is 2.11. The minimum absolute atomic E-state index is 0.209. The van der Waals surface area contributed by atoms with Crippen LogP contribution in [0.4, 0.5) is 5.69 Å². The van der Waals surface area contributed by atoms with E-state index < -0.39 is 0 Å². The second-order valence-electron chi connectivity index (χ2n) is 4.77. The Morgan fingerprint density at radius 1 is 1.39 bits per heavy atom. The van der Waals surface area contributed by atoms with Crippen molar-refractivity contribution in [3.05, 3.63) is 29.8 Å². The molecule has 0 saturated carbocycles. The van der Waals surface area contributed by atoms with Gasteiger partial charge in [0, 0.05) is 38.5 Å². The minimum Gasteiger partial charge on any atom is -0.385 e. The monoisotopic (exact) mass is 250 g/mol. The molecule has 1 aromatic rings. The van der Waals surface area contributed by atoms with Crippen molar-refractivity contribution in [3.8, 4) is 0 Å². The van der Waals surface area contributed by atoms with E-state index in [2.05, 4.69) is 43.0 Å². The van der Waals surface area contributed by atoms with E-state index in [0.717, 1.165) is 32.5 Å². The van der Waals surface area contributed by atoms with Crippen LogP contribution in [0.25, 0.3) is 0 Å².